The summed E-state index contributed by atoms with van der Waals surface area (Å²) in [5.74, 6) is -0.249. The molecular formula is C20H20FN5O2S2. The van der Waals surface area contributed by atoms with Gasteiger partial charge in [0, 0.05) is 23.7 Å². The standard InChI is InChI=1S/C20H20FN5O2S2/c1-2-28-18-11-22-9-16(25-18)17-10-24-20(29-17)19(27)23-8-12-5-13(21)7-14(6-12)26-30-15-3-4-15/h5-7,9-11,15,26H,2-4,8H2,1H3,(H,23,27). The second kappa shape index (κ2) is 9.40. The summed E-state index contributed by atoms with van der Waals surface area (Å²) >= 11 is 2.82. The Hall–Kier alpha value is -2.72. The molecule has 7 nitrogen and oxygen atoms in total. The first-order chi connectivity index (χ1) is 14.6. The number of amides is 1. The lowest BCUT2D eigenvalue weighted by Crippen LogP contribution is -2.22. The van der Waals surface area contributed by atoms with Gasteiger partial charge in [0.2, 0.25) is 5.88 Å². The number of halogens is 1. The van der Waals surface area contributed by atoms with Gasteiger partial charge in [-0.15, -0.1) is 11.3 Å². The zero-order valence-corrected chi connectivity index (χ0v) is 17.9. The number of thiazole rings is 1. The topological polar surface area (TPSA) is 89.0 Å². The van der Waals surface area contributed by atoms with Gasteiger partial charge >= 0.3 is 0 Å². The van der Waals surface area contributed by atoms with Crippen LogP contribution in [-0.4, -0.2) is 32.7 Å². The lowest BCUT2D eigenvalue weighted by molar-refractivity contribution is 0.0950. The van der Waals surface area contributed by atoms with Gasteiger partial charge in [0.25, 0.3) is 5.91 Å². The Bertz CT molecular complexity index is 1040. The van der Waals surface area contributed by atoms with Crippen molar-refractivity contribution in [1.82, 2.24) is 20.3 Å². The van der Waals surface area contributed by atoms with Crippen LogP contribution in [0.5, 0.6) is 5.88 Å². The van der Waals surface area contributed by atoms with E-state index in [0.717, 1.165) is 0 Å². The molecule has 0 unspecified atom stereocenters. The van der Waals surface area contributed by atoms with Crippen LogP contribution in [0.15, 0.2) is 36.8 Å². The Labute approximate surface area is 181 Å². The summed E-state index contributed by atoms with van der Waals surface area (Å²) in [5, 5.41) is 3.70. The van der Waals surface area contributed by atoms with Gasteiger partial charge in [0.15, 0.2) is 5.01 Å². The molecule has 4 rings (SSSR count). The third-order valence-corrected chi connectivity index (χ3v) is 6.31. The number of ether oxygens (including phenoxy) is 1. The fraction of sp³-hybridized carbons (Fsp3) is 0.300. The number of nitrogens with zero attached hydrogens (tertiary/aromatic N) is 3. The second-order valence-corrected chi connectivity index (χ2v) is 8.79. The number of rotatable bonds is 9. The van der Waals surface area contributed by atoms with E-state index in [2.05, 4.69) is 25.0 Å². The first kappa shape index (κ1) is 20.5. The number of hydrogen-bond acceptors (Lipinski definition) is 8. The number of benzene rings is 1. The highest BCUT2D eigenvalue weighted by Gasteiger charge is 2.22. The number of carbonyl (C=O) groups excluding carboxylic acids is 1. The lowest BCUT2D eigenvalue weighted by Gasteiger charge is -2.08. The molecule has 2 aromatic heterocycles. The zero-order valence-electron chi connectivity index (χ0n) is 16.2. The van der Waals surface area contributed by atoms with Crippen LogP contribution in [0.25, 0.3) is 10.6 Å². The summed E-state index contributed by atoms with van der Waals surface area (Å²) in [7, 11) is 0. The van der Waals surface area contributed by atoms with Crippen molar-refractivity contribution in [1.29, 1.82) is 0 Å². The van der Waals surface area contributed by atoms with E-state index in [0.29, 0.717) is 44.6 Å². The average molecular weight is 446 g/mol. The summed E-state index contributed by atoms with van der Waals surface area (Å²) < 4.78 is 22.4. The molecule has 1 aliphatic rings. The van der Waals surface area contributed by atoms with Crippen molar-refractivity contribution < 1.29 is 13.9 Å². The summed E-state index contributed by atoms with van der Waals surface area (Å²) in [6, 6.07) is 4.70. The number of hydrogen-bond donors (Lipinski definition) is 2. The van der Waals surface area contributed by atoms with Crippen LogP contribution in [0.1, 0.15) is 35.1 Å². The molecule has 0 bridgehead atoms. The van der Waals surface area contributed by atoms with Crippen LogP contribution in [-0.2, 0) is 6.54 Å². The Morgan fingerprint density at radius 3 is 2.97 bits per heavy atom. The van der Waals surface area contributed by atoms with Crippen molar-refractivity contribution in [2.75, 3.05) is 11.3 Å². The molecule has 1 fully saturated rings. The first-order valence-electron chi connectivity index (χ1n) is 9.51. The Balaban J connectivity index is 1.38. The molecule has 1 aromatic carbocycles. The minimum absolute atomic E-state index is 0.202. The highest BCUT2D eigenvalue weighted by Crippen LogP contribution is 2.34. The summed E-state index contributed by atoms with van der Waals surface area (Å²) in [5.41, 5.74) is 1.96. The van der Waals surface area contributed by atoms with E-state index in [1.165, 1.54) is 42.5 Å². The molecule has 0 saturated heterocycles. The fourth-order valence-electron chi connectivity index (χ4n) is 2.59. The van der Waals surface area contributed by atoms with Gasteiger partial charge in [-0.3, -0.25) is 9.78 Å². The van der Waals surface area contributed by atoms with E-state index < -0.39 is 0 Å². The maximum Gasteiger partial charge on any atom is 0.280 e. The van der Waals surface area contributed by atoms with Crippen LogP contribution >= 0.6 is 23.3 Å². The van der Waals surface area contributed by atoms with Crippen LogP contribution in [0.4, 0.5) is 10.1 Å². The van der Waals surface area contributed by atoms with Crippen molar-refractivity contribution in [2.24, 2.45) is 0 Å². The quantitative estimate of drug-likeness (QED) is 0.475. The van der Waals surface area contributed by atoms with Crippen molar-refractivity contribution >= 4 is 34.9 Å². The van der Waals surface area contributed by atoms with Crippen LogP contribution < -0.4 is 14.8 Å². The number of carbonyl (C=O) groups is 1. The van der Waals surface area contributed by atoms with Crippen molar-refractivity contribution in [3.63, 3.8) is 0 Å². The number of nitrogens with one attached hydrogen (secondary N) is 2. The van der Waals surface area contributed by atoms with Crippen LogP contribution in [0.3, 0.4) is 0 Å². The Morgan fingerprint density at radius 1 is 1.30 bits per heavy atom. The number of anilines is 1. The molecule has 10 heteroatoms. The summed E-state index contributed by atoms with van der Waals surface area (Å²) in [6.07, 6.45) is 7.09. The smallest absolute Gasteiger partial charge is 0.280 e. The minimum Gasteiger partial charge on any atom is -0.477 e. The van der Waals surface area contributed by atoms with Gasteiger partial charge in [-0.1, -0.05) is 0 Å². The molecule has 3 aromatic rings. The third kappa shape index (κ3) is 5.45. The van der Waals surface area contributed by atoms with Crippen molar-refractivity contribution in [2.45, 2.75) is 31.6 Å². The van der Waals surface area contributed by atoms with Gasteiger partial charge in [0.1, 0.15) is 11.5 Å². The summed E-state index contributed by atoms with van der Waals surface area (Å²) in [4.78, 5) is 25.8. The fourth-order valence-corrected chi connectivity index (χ4v) is 4.17. The highest BCUT2D eigenvalue weighted by atomic mass is 32.2. The van der Waals surface area contributed by atoms with Gasteiger partial charge < -0.3 is 14.8 Å². The molecule has 0 spiro atoms. The molecule has 1 saturated carbocycles. The van der Waals surface area contributed by atoms with E-state index in [-0.39, 0.29) is 18.3 Å². The van der Waals surface area contributed by atoms with Crippen LogP contribution in [0, 0.1) is 5.82 Å². The first-order valence-corrected chi connectivity index (χ1v) is 11.2. The molecule has 0 aliphatic heterocycles. The average Bonchev–Trinajstić information content (AvgIpc) is 3.44. The lowest BCUT2D eigenvalue weighted by atomic mass is 10.2. The second-order valence-electron chi connectivity index (χ2n) is 6.66. The van der Waals surface area contributed by atoms with Gasteiger partial charge in [0.05, 0.1) is 23.9 Å². The molecule has 0 radical (unpaired) electrons. The van der Waals surface area contributed by atoms with Crippen molar-refractivity contribution in [3.05, 3.63) is 53.2 Å². The van der Waals surface area contributed by atoms with Gasteiger partial charge in [-0.25, -0.2) is 14.4 Å². The van der Waals surface area contributed by atoms with Gasteiger partial charge in [-0.05, 0) is 55.5 Å². The van der Waals surface area contributed by atoms with Gasteiger partial charge in [-0.2, -0.15) is 0 Å². The Kier molecular flexibility index (Phi) is 6.44. The molecule has 1 amide bonds. The Morgan fingerprint density at radius 2 is 2.17 bits per heavy atom. The molecule has 2 heterocycles. The molecule has 156 valence electrons. The normalized spacial score (nSPS) is 13.1. The molecule has 0 atom stereocenters. The predicted octanol–water partition coefficient (Wildman–Crippen LogP) is 4.29. The molecule has 1 aliphatic carbocycles. The highest BCUT2D eigenvalue weighted by molar-refractivity contribution is 8.01. The molecular weight excluding hydrogens is 425 g/mol. The monoisotopic (exact) mass is 445 g/mol. The largest absolute Gasteiger partial charge is 0.477 e. The predicted molar refractivity (Wildman–Crippen MR) is 116 cm³/mol. The SMILES string of the molecule is CCOc1cncc(-c2cnc(C(=O)NCc3cc(F)cc(NSC4CC4)c3)s2)n1. The minimum atomic E-state index is -0.343. The van der Waals surface area contributed by atoms with E-state index in [1.54, 1.807) is 24.3 Å². The maximum absolute atomic E-state index is 13.9. The maximum atomic E-state index is 13.9. The van der Waals surface area contributed by atoms with E-state index >= 15 is 0 Å². The van der Waals surface area contributed by atoms with E-state index in [4.69, 9.17) is 4.74 Å². The van der Waals surface area contributed by atoms with Crippen LogP contribution in [0.2, 0.25) is 0 Å². The van der Waals surface area contributed by atoms with E-state index in [9.17, 15) is 9.18 Å². The molecule has 2 N–H and O–H groups in total. The third-order valence-electron chi connectivity index (χ3n) is 4.14. The zero-order chi connectivity index (χ0) is 20.9. The molecule has 30 heavy (non-hydrogen) atoms. The number of aromatic nitrogens is 3. The summed E-state index contributed by atoms with van der Waals surface area (Å²) in [6.45, 7) is 2.56. The van der Waals surface area contributed by atoms with E-state index in [1.807, 2.05) is 13.0 Å². The van der Waals surface area contributed by atoms with Crippen molar-refractivity contribution in [3.8, 4) is 16.5 Å².